The molecule has 0 radical (unpaired) electrons. The van der Waals surface area contributed by atoms with Crippen LogP contribution >= 0.6 is 0 Å². The minimum absolute atomic E-state index is 0.142. The maximum Gasteiger partial charge on any atom is 0.335 e. The summed E-state index contributed by atoms with van der Waals surface area (Å²) >= 11 is 0. The second-order valence-corrected chi connectivity index (χ2v) is 5.71. The van der Waals surface area contributed by atoms with Crippen LogP contribution in [0.15, 0.2) is 48.5 Å². The predicted molar refractivity (Wildman–Crippen MR) is 100 cm³/mol. The van der Waals surface area contributed by atoms with Crippen molar-refractivity contribution in [3.05, 3.63) is 65.2 Å². The summed E-state index contributed by atoms with van der Waals surface area (Å²) in [7, 11) is 0. The number of carbonyl (C=O) groups excluding carboxylic acids is 2. The van der Waals surface area contributed by atoms with Crippen LogP contribution in [-0.4, -0.2) is 42.6 Å². The molecule has 0 unspecified atom stereocenters. The SMILES string of the molecule is CCOc1ccccc1C(=O)NCC(=O)NCCc1ccc(C(=O)O)cc1. The summed E-state index contributed by atoms with van der Waals surface area (Å²) < 4.78 is 5.40. The Morgan fingerprint density at radius 3 is 2.37 bits per heavy atom. The third-order valence-electron chi connectivity index (χ3n) is 3.78. The topological polar surface area (TPSA) is 105 Å². The first-order valence-corrected chi connectivity index (χ1v) is 8.60. The normalized spacial score (nSPS) is 10.1. The average molecular weight is 370 g/mol. The van der Waals surface area contributed by atoms with Crippen molar-refractivity contribution in [3.63, 3.8) is 0 Å². The van der Waals surface area contributed by atoms with Gasteiger partial charge in [0.1, 0.15) is 5.75 Å². The van der Waals surface area contributed by atoms with E-state index in [-0.39, 0.29) is 23.9 Å². The van der Waals surface area contributed by atoms with Crippen LogP contribution in [0, 0.1) is 0 Å². The Kier molecular flexibility index (Phi) is 7.37. The van der Waals surface area contributed by atoms with Crippen molar-refractivity contribution in [1.82, 2.24) is 10.6 Å². The lowest BCUT2D eigenvalue weighted by atomic mass is 10.1. The molecule has 0 fully saturated rings. The van der Waals surface area contributed by atoms with Gasteiger partial charge in [0.05, 0.1) is 24.3 Å². The number of carbonyl (C=O) groups is 3. The first kappa shape index (κ1) is 20.0. The fourth-order valence-electron chi connectivity index (χ4n) is 2.41. The molecule has 0 bridgehead atoms. The summed E-state index contributed by atoms with van der Waals surface area (Å²) in [5.41, 5.74) is 1.51. The van der Waals surface area contributed by atoms with Crippen molar-refractivity contribution >= 4 is 17.8 Å². The highest BCUT2D eigenvalue weighted by molar-refractivity contribution is 5.98. The van der Waals surface area contributed by atoms with Crippen molar-refractivity contribution in [2.75, 3.05) is 19.7 Å². The van der Waals surface area contributed by atoms with E-state index in [0.717, 1.165) is 5.56 Å². The fraction of sp³-hybridized carbons (Fsp3) is 0.250. The number of para-hydroxylation sites is 1. The van der Waals surface area contributed by atoms with Crippen molar-refractivity contribution < 1.29 is 24.2 Å². The van der Waals surface area contributed by atoms with Gasteiger partial charge in [0.25, 0.3) is 5.91 Å². The van der Waals surface area contributed by atoms with Crippen LogP contribution in [0.3, 0.4) is 0 Å². The number of aromatic carboxylic acids is 1. The molecule has 0 aliphatic heterocycles. The van der Waals surface area contributed by atoms with E-state index >= 15 is 0 Å². The van der Waals surface area contributed by atoms with Crippen LogP contribution in [0.1, 0.15) is 33.2 Å². The number of ether oxygens (including phenoxy) is 1. The van der Waals surface area contributed by atoms with Crippen molar-refractivity contribution in [3.8, 4) is 5.75 Å². The summed E-state index contributed by atoms with van der Waals surface area (Å²) in [6.45, 7) is 2.52. The Labute approximate surface area is 157 Å². The molecule has 0 aromatic heterocycles. The zero-order valence-electron chi connectivity index (χ0n) is 15.0. The van der Waals surface area contributed by atoms with E-state index < -0.39 is 5.97 Å². The molecule has 0 spiro atoms. The highest BCUT2D eigenvalue weighted by atomic mass is 16.5. The molecule has 0 saturated heterocycles. The molecule has 2 aromatic carbocycles. The van der Waals surface area contributed by atoms with Crippen molar-refractivity contribution in [2.24, 2.45) is 0 Å². The molecular weight excluding hydrogens is 348 g/mol. The standard InChI is InChI=1S/C20H22N2O5/c1-2-27-17-6-4-3-5-16(17)19(24)22-13-18(23)21-12-11-14-7-9-15(10-8-14)20(25)26/h3-10H,2,11-13H2,1H3,(H,21,23)(H,22,24)(H,25,26). The molecule has 142 valence electrons. The molecule has 0 saturated carbocycles. The van der Waals surface area contributed by atoms with Gasteiger partial charge in [-0.15, -0.1) is 0 Å². The number of carboxylic acids is 1. The predicted octanol–water partition coefficient (Wildman–Crippen LogP) is 1.87. The van der Waals surface area contributed by atoms with Gasteiger partial charge < -0.3 is 20.5 Å². The molecule has 0 aliphatic rings. The zero-order valence-corrected chi connectivity index (χ0v) is 15.0. The van der Waals surface area contributed by atoms with Gasteiger partial charge in [-0.1, -0.05) is 24.3 Å². The summed E-state index contributed by atoms with van der Waals surface area (Å²) in [4.78, 5) is 34.9. The van der Waals surface area contributed by atoms with E-state index in [1.165, 1.54) is 12.1 Å². The van der Waals surface area contributed by atoms with Gasteiger partial charge in [-0.25, -0.2) is 4.79 Å². The highest BCUT2D eigenvalue weighted by Gasteiger charge is 2.12. The van der Waals surface area contributed by atoms with Crippen LogP contribution in [0.2, 0.25) is 0 Å². The molecule has 3 N–H and O–H groups in total. The third-order valence-corrected chi connectivity index (χ3v) is 3.78. The van der Waals surface area contributed by atoms with E-state index in [0.29, 0.717) is 30.9 Å². The van der Waals surface area contributed by atoms with Gasteiger partial charge in [-0.3, -0.25) is 9.59 Å². The number of hydrogen-bond donors (Lipinski definition) is 3. The summed E-state index contributed by atoms with van der Waals surface area (Å²) in [6.07, 6.45) is 0.562. The van der Waals surface area contributed by atoms with Crippen molar-refractivity contribution in [2.45, 2.75) is 13.3 Å². The molecule has 0 heterocycles. The van der Waals surface area contributed by atoms with E-state index in [4.69, 9.17) is 9.84 Å². The van der Waals surface area contributed by atoms with Crippen LogP contribution in [0.25, 0.3) is 0 Å². The molecule has 7 nitrogen and oxygen atoms in total. The lowest BCUT2D eigenvalue weighted by Gasteiger charge is -2.10. The Morgan fingerprint density at radius 1 is 1.00 bits per heavy atom. The van der Waals surface area contributed by atoms with E-state index in [1.54, 1.807) is 36.4 Å². The molecule has 0 atom stereocenters. The summed E-state index contributed by atoms with van der Waals surface area (Å²) in [5.74, 6) is -1.18. The van der Waals surface area contributed by atoms with Gasteiger partial charge in [0, 0.05) is 6.54 Å². The minimum atomic E-state index is -0.975. The molecule has 27 heavy (non-hydrogen) atoms. The average Bonchev–Trinajstić information content (AvgIpc) is 2.67. The Bertz CT molecular complexity index is 802. The lowest BCUT2D eigenvalue weighted by molar-refractivity contribution is -0.120. The number of amides is 2. The molecule has 0 aliphatic carbocycles. The van der Waals surface area contributed by atoms with E-state index in [1.807, 2.05) is 6.92 Å². The van der Waals surface area contributed by atoms with Gasteiger partial charge in [0.15, 0.2) is 0 Å². The van der Waals surface area contributed by atoms with Gasteiger partial charge in [-0.2, -0.15) is 0 Å². The quantitative estimate of drug-likeness (QED) is 0.625. The van der Waals surface area contributed by atoms with Crippen LogP contribution in [0.4, 0.5) is 0 Å². The Balaban J connectivity index is 1.76. The smallest absolute Gasteiger partial charge is 0.335 e. The van der Waals surface area contributed by atoms with Gasteiger partial charge in [0.2, 0.25) is 5.91 Å². The monoisotopic (exact) mass is 370 g/mol. The minimum Gasteiger partial charge on any atom is -0.493 e. The first-order chi connectivity index (χ1) is 13.0. The van der Waals surface area contributed by atoms with Crippen molar-refractivity contribution in [1.29, 1.82) is 0 Å². The number of rotatable bonds is 9. The van der Waals surface area contributed by atoms with E-state index in [2.05, 4.69) is 10.6 Å². The van der Waals surface area contributed by atoms with E-state index in [9.17, 15) is 14.4 Å². The lowest BCUT2D eigenvalue weighted by Crippen LogP contribution is -2.37. The van der Waals surface area contributed by atoms with Gasteiger partial charge in [-0.05, 0) is 43.2 Å². The number of carboxylic acid groups (broad SMARTS) is 1. The van der Waals surface area contributed by atoms with Gasteiger partial charge >= 0.3 is 5.97 Å². The maximum atomic E-state index is 12.2. The second-order valence-electron chi connectivity index (χ2n) is 5.71. The van der Waals surface area contributed by atoms with Crippen LogP contribution in [0.5, 0.6) is 5.75 Å². The molecule has 2 rings (SSSR count). The Morgan fingerprint density at radius 2 is 1.70 bits per heavy atom. The fourth-order valence-corrected chi connectivity index (χ4v) is 2.41. The van der Waals surface area contributed by atoms with Crippen LogP contribution < -0.4 is 15.4 Å². The molecule has 2 amide bonds. The third kappa shape index (κ3) is 6.14. The molecular formula is C20H22N2O5. The highest BCUT2D eigenvalue weighted by Crippen LogP contribution is 2.17. The number of benzene rings is 2. The number of hydrogen-bond acceptors (Lipinski definition) is 4. The second kappa shape index (κ2) is 9.96. The summed E-state index contributed by atoms with van der Waals surface area (Å²) in [6, 6.07) is 13.3. The molecule has 7 heteroatoms. The largest absolute Gasteiger partial charge is 0.493 e. The molecule has 2 aromatic rings. The first-order valence-electron chi connectivity index (χ1n) is 8.60. The summed E-state index contributed by atoms with van der Waals surface area (Å²) in [5, 5.41) is 14.1. The number of nitrogens with one attached hydrogen (secondary N) is 2. The maximum absolute atomic E-state index is 12.2. The van der Waals surface area contributed by atoms with Crippen LogP contribution in [-0.2, 0) is 11.2 Å². The Hall–Kier alpha value is -3.35. The zero-order chi connectivity index (χ0) is 19.6.